The maximum atomic E-state index is 12.2. The number of halogens is 1. The summed E-state index contributed by atoms with van der Waals surface area (Å²) in [5, 5.41) is 0.691. The van der Waals surface area contributed by atoms with Crippen molar-refractivity contribution in [3.05, 3.63) is 69.7 Å². The maximum Gasteiger partial charge on any atom is 0.0503 e. The molecule has 3 heteroatoms. The molecule has 2 aromatic carbocycles. The lowest BCUT2D eigenvalue weighted by atomic mass is 10.1. The van der Waals surface area contributed by atoms with E-state index in [0.717, 1.165) is 11.1 Å². The normalized spacial score (nSPS) is 12.4. The highest BCUT2D eigenvalue weighted by Crippen LogP contribution is 2.18. The molecular weight excluding hydrogens is 276 g/mol. The van der Waals surface area contributed by atoms with E-state index in [0.29, 0.717) is 16.5 Å². The van der Waals surface area contributed by atoms with Gasteiger partial charge in [-0.3, -0.25) is 4.21 Å². The van der Waals surface area contributed by atoms with E-state index in [2.05, 4.69) is 32.0 Å². The topological polar surface area (TPSA) is 17.1 Å². The molecule has 0 amide bonds. The van der Waals surface area contributed by atoms with E-state index in [1.54, 1.807) is 0 Å². The van der Waals surface area contributed by atoms with Crippen molar-refractivity contribution < 1.29 is 4.21 Å². The molecule has 0 aliphatic carbocycles. The van der Waals surface area contributed by atoms with Crippen LogP contribution < -0.4 is 0 Å². The standard InChI is InChI=1S/C16H17ClOS/c1-12-7-13(2)9-14(8-12)10-19(18)11-15-5-3-4-6-16(15)17/h3-9H,10-11H2,1-2H3. The fraction of sp³-hybridized carbons (Fsp3) is 0.250. The molecule has 0 spiro atoms. The minimum absolute atomic E-state index is 0.507. The first-order chi connectivity index (χ1) is 9.04. The van der Waals surface area contributed by atoms with E-state index in [4.69, 9.17) is 11.6 Å². The van der Waals surface area contributed by atoms with Gasteiger partial charge in [-0.05, 0) is 31.0 Å². The van der Waals surface area contributed by atoms with E-state index < -0.39 is 10.8 Å². The molecular formula is C16H17ClOS. The van der Waals surface area contributed by atoms with Gasteiger partial charge in [-0.1, -0.05) is 59.1 Å². The first-order valence-corrected chi connectivity index (χ1v) is 8.07. The highest BCUT2D eigenvalue weighted by Gasteiger charge is 2.07. The Bertz CT molecular complexity index is 587. The van der Waals surface area contributed by atoms with Crippen molar-refractivity contribution in [3.8, 4) is 0 Å². The lowest BCUT2D eigenvalue weighted by Crippen LogP contribution is -2.00. The fourth-order valence-electron chi connectivity index (χ4n) is 2.18. The zero-order valence-corrected chi connectivity index (χ0v) is 12.7. The fourth-order valence-corrected chi connectivity index (χ4v) is 3.70. The number of rotatable bonds is 4. The van der Waals surface area contributed by atoms with E-state index in [1.807, 2.05) is 24.3 Å². The van der Waals surface area contributed by atoms with Crippen molar-refractivity contribution in [2.24, 2.45) is 0 Å². The van der Waals surface area contributed by atoms with Crippen LogP contribution in [0.1, 0.15) is 22.3 Å². The molecule has 0 N–H and O–H groups in total. The van der Waals surface area contributed by atoms with Gasteiger partial charge in [0, 0.05) is 21.6 Å². The number of aryl methyl sites for hydroxylation is 2. The minimum Gasteiger partial charge on any atom is -0.259 e. The third-order valence-corrected chi connectivity index (χ3v) is 4.54. The molecule has 0 aliphatic rings. The molecule has 0 radical (unpaired) electrons. The molecule has 0 aliphatic heterocycles. The Morgan fingerprint density at radius 1 is 1.00 bits per heavy atom. The Labute approximate surface area is 122 Å². The Hall–Kier alpha value is -1.12. The highest BCUT2D eigenvalue weighted by molar-refractivity contribution is 7.83. The summed E-state index contributed by atoms with van der Waals surface area (Å²) in [5.41, 5.74) is 4.50. The molecule has 0 aromatic heterocycles. The van der Waals surface area contributed by atoms with Crippen LogP contribution in [-0.4, -0.2) is 4.21 Å². The van der Waals surface area contributed by atoms with Gasteiger partial charge in [0.25, 0.3) is 0 Å². The molecule has 2 aromatic rings. The number of hydrogen-bond acceptors (Lipinski definition) is 1. The zero-order valence-electron chi connectivity index (χ0n) is 11.2. The number of hydrogen-bond donors (Lipinski definition) is 0. The third kappa shape index (κ3) is 4.19. The molecule has 0 heterocycles. The average molecular weight is 293 g/mol. The van der Waals surface area contributed by atoms with Crippen molar-refractivity contribution >= 4 is 22.4 Å². The van der Waals surface area contributed by atoms with Crippen LogP contribution in [0.15, 0.2) is 42.5 Å². The predicted octanol–water partition coefficient (Wildman–Crippen LogP) is 4.41. The second-order valence-electron chi connectivity index (χ2n) is 4.82. The van der Waals surface area contributed by atoms with Gasteiger partial charge in [0.05, 0.1) is 5.75 Å². The summed E-state index contributed by atoms with van der Waals surface area (Å²) in [6.45, 7) is 4.13. The zero-order chi connectivity index (χ0) is 13.8. The molecule has 0 fully saturated rings. The molecule has 0 saturated carbocycles. The lowest BCUT2D eigenvalue weighted by Gasteiger charge is -2.07. The Balaban J connectivity index is 2.07. The Morgan fingerprint density at radius 2 is 1.63 bits per heavy atom. The monoisotopic (exact) mass is 292 g/mol. The number of benzene rings is 2. The van der Waals surface area contributed by atoms with Crippen molar-refractivity contribution in [2.75, 3.05) is 0 Å². The van der Waals surface area contributed by atoms with Crippen LogP contribution in [0.2, 0.25) is 5.02 Å². The second kappa shape index (κ2) is 6.36. The van der Waals surface area contributed by atoms with Gasteiger partial charge in [-0.2, -0.15) is 0 Å². The smallest absolute Gasteiger partial charge is 0.0503 e. The molecule has 1 unspecified atom stereocenters. The first-order valence-electron chi connectivity index (χ1n) is 6.20. The summed E-state index contributed by atoms with van der Waals surface area (Å²) >= 11 is 6.09. The van der Waals surface area contributed by atoms with Gasteiger partial charge in [0.15, 0.2) is 0 Å². The molecule has 2 rings (SSSR count). The molecule has 0 bridgehead atoms. The summed E-state index contributed by atoms with van der Waals surface area (Å²) in [7, 11) is -0.933. The maximum absolute atomic E-state index is 12.2. The summed E-state index contributed by atoms with van der Waals surface area (Å²) in [6, 6.07) is 13.9. The van der Waals surface area contributed by atoms with Crippen LogP contribution >= 0.6 is 11.6 Å². The minimum atomic E-state index is -0.933. The van der Waals surface area contributed by atoms with Crippen LogP contribution in [0, 0.1) is 13.8 Å². The SMILES string of the molecule is Cc1cc(C)cc(CS(=O)Cc2ccccc2Cl)c1. The average Bonchev–Trinajstić information content (AvgIpc) is 2.30. The van der Waals surface area contributed by atoms with Crippen molar-refractivity contribution in [2.45, 2.75) is 25.4 Å². The third-order valence-electron chi connectivity index (χ3n) is 2.88. The van der Waals surface area contributed by atoms with Gasteiger partial charge in [0.2, 0.25) is 0 Å². The van der Waals surface area contributed by atoms with Crippen LogP contribution in [0.5, 0.6) is 0 Å². The Kier molecular flexibility index (Phi) is 4.78. The van der Waals surface area contributed by atoms with Crippen LogP contribution in [0.3, 0.4) is 0 Å². The van der Waals surface area contributed by atoms with Crippen molar-refractivity contribution in [3.63, 3.8) is 0 Å². The molecule has 1 atom stereocenters. The summed E-state index contributed by atoms with van der Waals surface area (Å²) < 4.78 is 12.2. The summed E-state index contributed by atoms with van der Waals surface area (Å²) in [6.07, 6.45) is 0. The summed E-state index contributed by atoms with van der Waals surface area (Å²) in [4.78, 5) is 0. The largest absolute Gasteiger partial charge is 0.259 e. The van der Waals surface area contributed by atoms with Crippen molar-refractivity contribution in [1.82, 2.24) is 0 Å². The van der Waals surface area contributed by atoms with Crippen LogP contribution in [0.4, 0.5) is 0 Å². The molecule has 100 valence electrons. The second-order valence-corrected chi connectivity index (χ2v) is 6.68. The van der Waals surface area contributed by atoms with Gasteiger partial charge in [-0.15, -0.1) is 0 Å². The predicted molar refractivity (Wildman–Crippen MR) is 82.9 cm³/mol. The van der Waals surface area contributed by atoms with Gasteiger partial charge >= 0.3 is 0 Å². The molecule has 0 saturated heterocycles. The van der Waals surface area contributed by atoms with E-state index in [9.17, 15) is 4.21 Å². The molecule has 19 heavy (non-hydrogen) atoms. The van der Waals surface area contributed by atoms with E-state index in [-0.39, 0.29) is 0 Å². The first kappa shape index (κ1) is 14.3. The Morgan fingerprint density at radius 3 is 2.26 bits per heavy atom. The quantitative estimate of drug-likeness (QED) is 0.816. The van der Waals surface area contributed by atoms with Crippen LogP contribution in [0.25, 0.3) is 0 Å². The molecule has 1 nitrogen and oxygen atoms in total. The van der Waals surface area contributed by atoms with Crippen LogP contribution in [-0.2, 0) is 22.3 Å². The summed E-state index contributed by atoms with van der Waals surface area (Å²) in [5.74, 6) is 1.08. The van der Waals surface area contributed by atoms with Gasteiger partial charge < -0.3 is 0 Å². The van der Waals surface area contributed by atoms with Crippen molar-refractivity contribution in [1.29, 1.82) is 0 Å². The lowest BCUT2D eigenvalue weighted by molar-refractivity contribution is 0.682. The van der Waals surface area contributed by atoms with Gasteiger partial charge in [-0.25, -0.2) is 0 Å². The van der Waals surface area contributed by atoms with Gasteiger partial charge in [0.1, 0.15) is 0 Å². The van der Waals surface area contributed by atoms with E-state index in [1.165, 1.54) is 11.1 Å². The van der Waals surface area contributed by atoms with E-state index >= 15 is 0 Å². The highest BCUT2D eigenvalue weighted by atomic mass is 35.5.